The average Bonchev–Trinajstić information content (AvgIpc) is 2.63. The number of nitrogens with zero attached hydrogens (tertiary/aromatic N) is 2. The minimum Gasteiger partial charge on any atom is -0.240 e. The van der Waals surface area contributed by atoms with Gasteiger partial charge in [0.1, 0.15) is 12.4 Å². The molecule has 15 heavy (non-hydrogen) atoms. The molecule has 0 radical (unpaired) electrons. The van der Waals surface area contributed by atoms with Gasteiger partial charge in [0.05, 0.1) is 13.6 Å². The van der Waals surface area contributed by atoms with Gasteiger partial charge in [0.2, 0.25) is 6.33 Å². The van der Waals surface area contributed by atoms with E-state index in [0.29, 0.717) is 0 Å². The van der Waals surface area contributed by atoms with Crippen LogP contribution in [0.4, 0.5) is 0 Å². The number of hydrogen-bond donors (Lipinski definition) is 0. The summed E-state index contributed by atoms with van der Waals surface area (Å²) in [5.41, 5.74) is 0. The maximum Gasteiger partial charge on any atom is 0.243 e. The van der Waals surface area contributed by atoms with Gasteiger partial charge in [-0.1, -0.05) is 35.2 Å². The average molecular weight is 274 g/mol. The molecule has 0 aliphatic rings. The van der Waals surface area contributed by atoms with Gasteiger partial charge in [0.15, 0.2) is 0 Å². The molecule has 86 valence electrons. The highest BCUT2D eigenvalue weighted by Crippen LogP contribution is 2.07. The predicted octanol–water partition coefficient (Wildman–Crippen LogP) is 3.05. The Hall–Kier alpha value is -0.310. The van der Waals surface area contributed by atoms with Crippen LogP contribution in [0.1, 0.15) is 38.5 Å². The second-order valence-corrected chi connectivity index (χ2v) is 4.92. The SMILES string of the molecule is C[n+]1ccn(CCCCCCCCBr)c1. The fourth-order valence-electron chi connectivity index (χ4n) is 1.73. The monoisotopic (exact) mass is 273 g/mol. The molecule has 0 aliphatic carbocycles. The summed E-state index contributed by atoms with van der Waals surface area (Å²) in [7, 11) is 2.07. The summed E-state index contributed by atoms with van der Waals surface area (Å²) in [6.45, 7) is 1.17. The van der Waals surface area contributed by atoms with Gasteiger partial charge in [-0.05, 0) is 19.3 Å². The number of imidazole rings is 1. The minimum atomic E-state index is 1.16. The summed E-state index contributed by atoms with van der Waals surface area (Å²) in [5.74, 6) is 0. The maximum absolute atomic E-state index is 3.46. The van der Waals surface area contributed by atoms with E-state index < -0.39 is 0 Å². The summed E-state index contributed by atoms with van der Waals surface area (Å²) >= 11 is 3.46. The van der Waals surface area contributed by atoms with Crippen molar-refractivity contribution in [3.63, 3.8) is 0 Å². The maximum atomic E-state index is 3.46. The first-order chi connectivity index (χ1) is 7.33. The van der Waals surface area contributed by atoms with Crippen LogP contribution in [0.15, 0.2) is 18.7 Å². The Bertz CT molecular complexity index is 258. The first kappa shape index (κ1) is 12.8. The van der Waals surface area contributed by atoms with E-state index in [-0.39, 0.29) is 0 Å². The van der Waals surface area contributed by atoms with Crippen LogP contribution < -0.4 is 4.57 Å². The molecule has 2 nitrogen and oxygen atoms in total. The van der Waals surface area contributed by atoms with Crippen LogP contribution in [0.2, 0.25) is 0 Å². The molecule has 0 unspecified atom stereocenters. The third-order valence-corrected chi connectivity index (χ3v) is 3.18. The first-order valence-corrected chi connectivity index (χ1v) is 7.02. The molecule has 0 saturated heterocycles. The van der Waals surface area contributed by atoms with Gasteiger partial charge < -0.3 is 0 Å². The number of unbranched alkanes of at least 4 members (excludes halogenated alkanes) is 5. The van der Waals surface area contributed by atoms with E-state index in [2.05, 4.69) is 50.8 Å². The number of aryl methyl sites for hydroxylation is 2. The second-order valence-electron chi connectivity index (χ2n) is 4.13. The fourth-order valence-corrected chi connectivity index (χ4v) is 2.13. The molecule has 0 aliphatic heterocycles. The van der Waals surface area contributed by atoms with Crippen molar-refractivity contribution in [1.29, 1.82) is 0 Å². The third-order valence-electron chi connectivity index (χ3n) is 2.62. The molecule has 0 amide bonds. The molecule has 1 rings (SSSR count). The Morgan fingerprint density at radius 3 is 2.33 bits per heavy atom. The van der Waals surface area contributed by atoms with Gasteiger partial charge in [-0.25, -0.2) is 9.13 Å². The van der Waals surface area contributed by atoms with Crippen molar-refractivity contribution in [2.45, 2.75) is 45.1 Å². The minimum absolute atomic E-state index is 1.16. The van der Waals surface area contributed by atoms with Crippen LogP contribution in [0, 0.1) is 0 Å². The smallest absolute Gasteiger partial charge is 0.240 e. The fraction of sp³-hybridized carbons (Fsp3) is 0.750. The zero-order chi connectivity index (χ0) is 10.9. The molecule has 0 fully saturated rings. The van der Waals surface area contributed by atoms with Crippen LogP contribution in [0.5, 0.6) is 0 Å². The molecule has 1 aromatic rings. The van der Waals surface area contributed by atoms with Gasteiger partial charge in [-0.15, -0.1) is 0 Å². The lowest BCUT2D eigenvalue weighted by Gasteiger charge is -1.99. The van der Waals surface area contributed by atoms with Crippen LogP contribution in [-0.4, -0.2) is 9.90 Å². The molecule has 3 heteroatoms. The molecule has 0 saturated carbocycles. The number of halogens is 1. The van der Waals surface area contributed by atoms with Gasteiger partial charge in [-0.2, -0.15) is 0 Å². The van der Waals surface area contributed by atoms with Gasteiger partial charge in [-0.3, -0.25) is 0 Å². The largest absolute Gasteiger partial charge is 0.243 e. The van der Waals surface area contributed by atoms with E-state index in [1.165, 1.54) is 45.1 Å². The van der Waals surface area contributed by atoms with Crippen LogP contribution in [0.3, 0.4) is 0 Å². The number of aromatic nitrogens is 2. The van der Waals surface area contributed by atoms with Crippen molar-refractivity contribution < 1.29 is 4.57 Å². The highest BCUT2D eigenvalue weighted by molar-refractivity contribution is 9.09. The normalized spacial score (nSPS) is 10.8. The molecule has 1 aromatic heterocycles. The zero-order valence-electron chi connectivity index (χ0n) is 9.66. The zero-order valence-corrected chi connectivity index (χ0v) is 11.2. The van der Waals surface area contributed by atoms with E-state index in [1.807, 2.05) is 0 Å². The first-order valence-electron chi connectivity index (χ1n) is 5.90. The highest BCUT2D eigenvalue weighted by atomic mass is 79.9. The lowest BCUT2D eigenvalue weighted by Crippen LogP contribution is -2.23. The topological polar surface area (TPSA) is 8.81 Å². The lowest BCUT2D eigenvalue weighted by atomic mass is 10.1. The molecule has 0 aromatic carbocycles. The number of hydrogen-bond acceptors (Lipinski definition) is 0. The quantitative estimate of drug-likeness (QED) is 0.391. The van der Waals surface area contributed by atoms with Crippen molar-refractivity contribution in [3.8, 4) is 0 Å². The number of alkyl halides is 1. The lowest BCUT2D eigenvalue weighted by molar-refractivity contribution is -0.671. The van der Waals surface area contributed by atoms with Crippen LogP contribution in [-0.2, 0) is 13.6 Å². The molecule has 0 spiro atoms. The van der Waals surface area contributed by atoms with Gasteiger partial charge >= 0.3 is 0 Å². The van der Waals surface area contributed by atoms with Gasteiger partial charge in [0, 0.05) is 5.33 Å². The predicted molar refractivity (Wildman–Crippen MR) is 67.1 cm³/mol. The van der Waals surface area contributed by atoms with Gasteiger partial charge in [0.25, 0.3) is 0 Å². The number of rotatable bonds is 8. The molecule has 0 bridgehead atoms. The summed E-state index contributed by atoms with van der Waals surface area (Å²) in [6.07, 6.45) is 14.5. The van der Waals surface area contributed by atoms with E-state index in [4.69, 9.17) is 0 Å². The Morgan fingerprint density at radius 1 is 1.07 bits per heavy atom. The molecule has 0 N–H and O–H groups in total. The molecular formula is C12H22BrN2+. The Labute approximate surface area is 101 Å². The van der Waals surface area contributed by atoms with Crippen molar-refractivity contribution in [2.75, 3.05) is 5.33 Å². The van der Waals surface area contributed by atoms with E-state index in [1.54, 1.807) is 0 Å². The van der Waals surface area contributed by atoms with Crippen LogP contribution in [0.25, 0.3) is 0 Å². The summed E-state index contributed by atoms with van der Waals surface area (Å²) in [4.78, 5) is 0. The standard InChI is InChI=1S/C12H22BrN2/c1-14-10-11-15(12-14)9-7-5-3-2-4-6-8-13/h10-12H,2-9H2,1H3/q+1. The van der Waals surface area contributed by atoms with Crippen LogP contribution >= 0.6 is 15.9 Å². The third kappa shape index (κ3) is 5.98. The molecular weight excluding hydrogens is 252 g/mol. The van der Waals surface area contributed by atoms with Crippen molar-refractivity contribution >= 4 is 15.9 Å². The highest BCUT2D eigenvalue weighted by Gasteiger charge is 1.98. The van der Waals surface area contributed by atoms with Crippen molar-refractivity contribution in [1.82, 2.24) is 4.57 Å². The Morgan fingerprint density at radius 2 is 1.73 bits per heavy atom. The van der Waals surface area contributed by atoms with E-state index in [0.717, 1.165) is 5.33 Å². The molecule has 0 atom stereocenters. The Balaban J connectivity index is 1.93. The molecule has 1 heterocycles. The summed E-state index contributed by atoms with van der Waals surface area (Å²) in [6, 6.07) is 0. The van der Waals surface area contributed by atoms with Crippen molar-refractivity contribution in [2.24, 2.45) is 7.05 Å². The second kappa shape index (κ2) is 7.91. The van der Waals surface area contributed by atoms with Crippen molar-refractivity contribution in [3.05, 3.63) is 18.7 Å². The van der Waals surface area contributed by atoms with E-state index >= 15 is 0 Å². The summed E-state index contributed by atoms with van der Waals surface area (Å²) < 4.78 is 4.36. The Kier molecular flexibility index (Phi) is 6.73. The van der Waals surface area contributed by atoms with E-state index in [9.17, 15) is 0 Å². The summed E-state index contributed by atoms with van der Waals surface area (Å²) in [5, 5.41) is 1.16.